The molecule has 1 aromatic heterocycles. The molecule has 0 saturated carbocycles. The molecule has 0 unspecified atom stereocenters. The molecule has 8 nitrogen and oxygen atoms in total. The molecule has 2 heterocycles. The average Bonchev–Trinajstić information content (AvgIpc) is 3.29. The highest BCUT2D eigenvalue weighted by Gasteiger charge is 2.31. The van der Waals surface area contributed by atoms with Crippen LogP contribution in [0, 0.1) is 0 Å². The fourth-order valence-electron chi connectivity index (χ4n) is 3.37. The Labute approximate surface area is 211 Å². The molecule has 0 spiro atoms. The smallest absolute Gasteiger partial charge is 0.272 e. The summed E-state index contributed by atoms with van der Waals surface area (Å²) in [7, 11) is -3.80. The number of piperazine rings is 1. The van der Waals surface area contributed by atoms with Crippen molar-refractivity contribution in [3.05, 3.63) is 75.8 Å². The van der Waals surface area contributed by atoms with Crippen LogP contribution in [0.4, 0.5) is 5.13 Å². The number of carbonyl (C=O) groups excluding carboxylic acids is 1. The van der Waals surface area contributed by atoms with E-state index < -0.39 is 15.9 Å². The van der Waals surface area contributed by atoms with Crippen molar-refractivity contribution in [2.24, 2.45) is 0 Å². The highest BCUT2D eigenvalue weighted by atomic mass is 35.5. The molecule has 4 rings (SSSR count). The van der Waals surface area contributed by atoms with Gasteiger partial charge in [-0.05, 0) is 23.8 Å². The van der Waals surface area contributed by atoms with Crippen LogP contribution in [-0.2, 0) is 10.0 Å². The lowest BCUT2D eigenvalue weighted by Gasteiger charge is -2.32. The number of carbonyl (C=O) groups is 1. The fraction of sp³-hybridized carbons (Fsp3) is 0.227. The third-order valence-corrected chi connectivity index (χ3v) is 8.80. The minimum absolute atomic E-state index is 0.0688. The molecule has 0 atom stereocenters. The molecular weight excluding hydrogens is 517 g/mol. The molecule has 1 aliphatic heterocycles. The van der Waals surface area contributed by atoms with E-state index >= 15 is 0 Å². The van der Waals surface area contributed by atoms with E-state index in [-0.39, 0.29) is 20.1 Å². The maximum Gasteiger partial charge on any atom is 0.272 e. The molecular formula is C22H21Cl2N5O3S2. The van der Waals surface area contributed by atoms with Crippen LogP contribution >= 0.6 is 34.5 Å². The molecule has 1 aliphatic rings. The standard InChI is InChI=1S/C22H21Cl2N5O3S2/c23-17-8-9-18(19(24)15-17)20(30)25-21-26-27-22(33-21)34(31,32)29-13-11-28(12-14-29)10-4-7-16-5-2-1-3-6-16/h1-9,15H,10-14H2,(H,25,26,30)/b7-4+. The van der Waals surface area contributed by atoms with Crippen molar-refractivity contribution < 1.29 is 13.2 Å². The van der Waals surface area contributed by atoms with Crippen LogP contribution in [0.1, 0.15) is 15.9 Å². The maximum absolute atomic E-state index is 13.0. The molecule has 0 bridgehead atoms. The molecule has 0 radical (unpaired) electrons. The van der Waals surface area contributed by atoms with Crippen molar-refractivity contribution in [1.82, 2.24) is 19.4 Å². The zero-order valence-electron chi connectivity index (χ0n) is 17.9. The zero-order valence-corrected chi connectivity index (χ0v) is 21.0. The second-order valence-corrected chi connectivity index (χ2v) is 11.4. The van der Waals surface area contributed by atoms with Crippen molar-refractivity contribution in [2.45, 2.75) is 4.34 Å². The second-order valence-electron chi connectivity index (χ2n) is 7.47. The minimum atomic E-state index is -3.80. The summed E-state index contributed by atoms with van der Waals surface area (Å²) in [6.07, 6.45) is 4.13. The number of hydrogen-bond donors (Lipinski definition) is 1. The van der Waals surface area contributed by atoms with Crippen LogP contribution in [0.3, 0.4) is 0 Å². The van der Waals surface area contributed by atoms with E-state index in [9.17, 15) is 13.2 Å². The first-order valence-corrected chi connectivity index (χ1v) is 13.4. The highest BCUT2D eigenvalue weighted by Crippen LogP contribution is 2.26. The van der Waals surface area contributed by atoms with Gasteiger partial charge in [0.2, 0.25) is 9.47 Å². The molecule has 1 N–H and O–H groups in total. The van der Waals surface area contributed by atoms with E-state index in [2.05, 4.69) is 32.6 Å². The third kappa shape index (κ3) is 6.01. The lowest BCUT2D eigenvalue weighted by atomic mass is 10.2. The fourth-order valence-corrected chi connectivity index (χ4v) is 6.32. The van der Waals surface area contributed by atoms with E-state index in [1.807, 2.05) is 30.3 Å². The predicted octanol–water partition coefficient (Wildman–Crippen LogP) is 4.12. The maximum atomic E-state index is 13.0. The number of rotatable bonds is 7. The monoisotopic (exact) mass is 537 g/mol. The minimum Gasteiger partial charge on any atom is -0.297 e. The summed E-state index contributed by atoms with van der Waals surface area (Å²) >= 11 is 12.7. The summed E-state index contributed by atoms with van der Waals surface area (Å²) in [5, 5.41) is 10.8. The van der Waals surface area contributed by atoms with Crippen LogP contribution in [0.5, 0.6) is 0 Å². The Morgan fingerprint density at radius 2 is 1.79 bits per heavy atom. The number of halogens is 2. The normalized spacial score (nSPS) is 15.6. The van der Waals surface area contributed by atoms with Gasteiger partial charge in [-0.3, -0.25) is 15.0 Å². The van der Waals surface area contributed by atoms with Gasteiger partial charge in [0.15, 0.2) is 0 Å². The van der Waals surface area contributed by atoms with Crippen LogP contribution in [-0.4, -0.2) is 66.5 Å². The lowest BCUT2D eigenvalue weighted by molar-refractivity contribution is 0.102. The van der Waals surface area contributed by atoms with Gasteiger partial charge >= 0.3 is 0 Å². The van der Waals surface area contributed by atoms with Gasteiger partial charge < -0.3 is 0 Å². The molecule has 178 valence electrons. The number of benzene rings is 2. The largest absolute Gasteiger partial charge is 0.297 e. The van der Waals surface area contributed by atoms with E-state index in [0.29, 0.717) is 31.2 Å². The number of nitrogens with one attached hydrogen (secondary N) is 1. The number of nitrogens with zero attached hydrogens (tertiary/aromatic N) is 4. The predicted molar refractivity (Wildman–Crippen MR) is 135 cm³/mol. The Hall–Kier alpha value is -2.34. The molecule has 12 heteroatoms. The van der Waals surface area contributed by atoms with Crippen LogP contribution in [0.25, 0.3) is 6.08 Å². The number of hydrogen-bond acceptors (Lipinski definition) is 7. The quantitative estimate of drug-likeness (QED) is 0.455. The molecule has 1 saturated heterocycles. The summed E-state index contributed by atoms with van der Waals surface area (Å²) in [6.45, 7) is 2.66. The van der Waals surface area contributed by atoms with E-state index in [1.54, 1.807) is 0 Å². The summed E-state index contributed by atoms with van der Waals surface area (Å²) in [5.74, 6) is -0.529. The highest BCUT2D eigenvalue weighted by molar-refractivity contribution is 7.91. The van der Waals surface area contributed by atoms with Crippen molar-refractivity contribution in [1.29, 1.82) is 0 Å². The van der Waals surface area contributed by atoms with Gasteiger partial charge in [-0.1, -0.05) is 77.0 Å². The van der Waals surface area contributed by atoms with Gasteiger partial charge in [-0.2, -0.15) is 4.31 Å². The number of amides is 1. The molecule has 2 aromatic carbocycles. The first kappa shape index (κ1) is 24.8. The van der Waals surface area contributed by atoms with Crippen LogP contribution < -0.4 is 5.32 Å². The second kappa shape index (κ2) is 10.9. The molecule has 0 aliphatic carbocycles. The van der Waals surface area contributed by atoms with Crippen molar-refractivity contribution in [2.75, 3.05) is 38.0 Å². The van der Waals surface area contributed by atoms with Crippen molar-refractivity contribution in [3.63, 3.8) is 0 Å². The average molecular weight is 538 g/mol. The Bertz CT molecular complexity index is 1290. The topological polar surface area (TPSA) is 95.5 Å². The van der Waals surface area contributed by atoms with E-state index in [0.717, 1.165) is 23.4 Å². The first-order valence-electron chi connectivity index (χ1n) is 10.4. The van der Waals surface area contributed by atoms with Gasteiger partial charge in [0, 0.05) is 37.7 Å². The Morgan fingerprint density at radius 1 is 1.06 bits per heavy atom. The number of sulfonamides is 1. The first-order chi connectivity index (χ1) is 16.3. The number of anilines is 1. The molecule has 3 aromatic rings. The van der Waals surface area contributed by atoms with E-state index in [4.69, 9.17) is 23.2 Å². The zero-order chi connectivity index (χ0) is 24.1. The van der Waals surface area contributed by atoms with Gasteiger partial charge in [-0.25, -0.2) is 8.42 Å². The lowest BCUT2D eigenvalue weighted by Crippen LogP contribution is -2.48. The SMILES string of the molecule is O=C(Nc1nnc(S(=O)(=O)N2CCN(C/C=C/c3ccccc3)CC2)s1)c1ccc(Cl)cc1Cl. The molecule has 34 heavy (non-hydrogen) atoms. The van der Waals surface area contributed by atoms with Gasteiger partial charge in [0.25, 0.3) is 15.9 Å². The molecule has 1 amide bonds. The molecule has 1 fully saturated rings. The van der Waals surface area contributed by atoms with Crippen molar-refractivity contribution in [3.8, 4) is 0 Å². The van der Waals surface area contributed by atoms with Crippen LogP contribution in [0.15, 0.2) is 58.9 Å². The Balaban J connectivity index is 1.33. The summed E-state index contributed by atoms with van der Waals surface area (Å²) in [4.78, 5) is 14.6. The van der Waals surface area contributed by atoms with Gasteiger partial charge in [0.1, 0.15) is 0 Å². The van der Waals surface area contributed by atoms with Crippen LogP contribution in [0.2, 0.25) is 10.0 Å². The Morgan fingerprint density at radius 3 is 2.50 bits per heavy atom. The van der Waals surface area contributed by atoms with Gasteiger partial charge in [0.05, 0.1) is 10.6 Å². The van der Waals surface area contributed by atoms with Gasteiger partial charge in [-0.15, -0.1) is 10.2 Å². The Kier molecular flexibility index (Phi) is 7.97. The summed E-state index contributed by atoms with van der Waals surface area (Å²) in [6, 6.07) is 14.5. The summed E-state index contributed by atoms with van der Waals surface area (Å²) < 4.78 is 27.2. The summed E-state index contributed by atoms with van der Waals surface area (Å²) in [5.41, 5.74) is 1.32. The third-order valence-electron chi connectivity index (χ3n) is 5.17. The van der Waals surface area contributed by atoms with Crippen molar-refractivity contribution >= 4 is 61.7 Å². The van der Waals surface area contributed by atoms with E-state index in [1.165, 1.54) is 22.5 Å². The number of aromatic nitrogens is 2.